The molecule has 5 aromatic heterocycles. The van der Waals surface area contributed by atoms with Gasteiger partial charge in [0.15, 0.2) is 0 Å². The molecule has 0 atom stereocenters. The third-order valence-electron chi connectivity index (χ3n) is 8.13. The summed E-state index contributed by atoms with van der Waals surface area (Å²) in [7, 11) is 0. The first-order chi connectivity index (χ1) is 22.2. The van der Waals surface area contributed by atoms with Crippen molar-refractivity contribution in [2.75, 3.05) is 5.32 Å². The van der Waals surface area contributed by atoms with Crippen molar-refractivity contribution in [2.45, 2.75) is 52.6 Å². The molecule has 9 rings (SSSR count). The quantitative estimate of drug-likeness (QED) is 0.155. The Morgan fingerprint density at radius 3 is 1.65 bits per heavy atom. The van der Waals surface area contributed by atoms with Crippen LogP contribution in [0.5, 0.6) is 0 Å². The highest BCUT2D eigenvalue weighted by atomic mass is 32.1. The molecule has 234 valence electrons. The third kappa shape index (κ3) is 4.80. The van der Waals surface area contributed by atoms with E-state index in [-0.39, 0.29) is 16.8 Å². The minimum Gasteiger partial charge on any atom is -0.349 e. The molecule has 16 nitrogen and oxygen atoms in total. The highest BCUT2D eigenvalue weighted by Crippen LogP contribution is 2.39. The predicted octanol–water partition coefficient (Wildman–Crippen LogP) is 3.62. The molecule has 0 fully saturated rings. The highest BCUT2D eigenvalue weighted by Gasteiger charge is 2.35. The van der Waals surface area contributed by atoms with E-state index >= 15 is 0 Å². The van der Waals surface area contributed by atoms with Crippen LogP contribution in [-0.2, 0) is 18.5 Å². The standard InChI is InChI=1S/C10H11N5O.C10H10N4S.C9H9N5O/c1-2-3-15-9-5-7-6(12-14-13-7)4-8(9)11-10(15)16;1-10(2)5-3-7-8(13-14-12-7)4-6(5)11-9(10)15;1-2-14-8-4-6-5(11-13-12-6)3-7(8)10-9(14)15/h4-5H,2-3H2,1H3,(H,11,16)(H,12,13,14);3-4H,1-2H3,(H,11,15)(H,12,13,14);3-4H,2H2,1H3,(H,10,15)(H,11,12,13). The van der Waals surface area contributed by atoms with Crippen LogP contribution < -0.4 is 16.7 Å². The monoisotopic (exact) mass is 638 g/mol. The molecule has 1 aliphatic heterocycles. The minimum atomic E-state index is -0.113. The lowest BCUT2D eigenvalue weighted by molar-refractivity contribution is 0.675. The van der Waals surface area contributed by atoms with Crippen LogP contribution in [0.1, 0.15) is 39.7 Å². The van der Waals surface area contributed by atoms with E-state index < -0.39 is 0 Å². The summed E-state index contributed by atoms with van der Waals surface area (Å²) in [6.07, 6.45) is 0.920. The second-order valence-corrected chi connectivity index (χ2v) is 11.8. The van der Waals surface area contributed by atoms with Gasteiger partial charge < -0.3 is 15.3 Å². The zero-order valence-corrected chi connectivity index (χ0v) is 26.2. The second-order valence-electron chi connectivity index (χ2n) is 11.4. The lowest BCUT2D eigenvalue weighted by Gasteiger charge is -2.17. The molecule has 8 aromatic rings. The van der Waals surface area contributed by atoms with Crippen molar-refractivity contribution in [1.29, 1.82) is 0 Å². The van der Waals surface area contributed by atoms with Crippen molar-refractivity contribution in [3.8, 4) is 0 Å². The minimum absolute atomic E-state index is 0.0755. The molecule has 0 amide bonds. The van der Waals surface area contributed by atoms with Crippen molar-refractivity contribution < 1.29 is 0 Å². The molecule has 17 heteroatoms. The third-order valence-corrected chi connectivity index (χ3v) is 8.74. The number of nitrogens with zero attached hydrogens (tertiary/aromatic N) is 8. The Morgan fingerprint density at radius 1 is 0.674 bits per heavy atom. The van der Waals surface area contributed by atoms with Crippen molar-refractivity contribution in [2.24, 2.45) is 0 Å². The van der Waals surface area contributed by atoms with Crippen molar-refractivity contribution >= 4 is 78.1 Å². The van der Waals surface area contributed by atoms with E-state index in [1.807, 2.05) is 50.2 Å². The van der Waals surface area contributed by atoms with Crippen LogP contribution in [0.4, 0.5) is 5.69 Å². The van der Waals surface area contributed by atoms with E-state index in [2.05, 4.69) is 75.4 Å². The van der Waals surface area contributed by atoms with E-state index in [4.69, 9.17) is 12.2 Å². The first-order valence-corrected chi connectivity index (χ1v) is 15.1. The van der Waals surface area contributed by atoms with Gasteiger partial charge in [-0.25, -0.2) is 9.59 Å². The fourth-order valence-electron chi connectivity index (χ4n) is 5.66. The van der Waals surface area contributed by atoms with Crippen LogP contribution in [0.3, 0.4) is 0 Å². The second kappa shape index (κ2) is 11.0. The molecule has 0 spiro atoms. The number of aromatic amines is 5. The van der Waals surface area contributed by atoms with E-state index in [1.165, 1.54) is 5.56 Å². The van der Waals surface area contributed by atoms with Gasteiger partial charge in [0, 0.05) is 24.2 Å². The average Bonchev–Trinajstić information content (AvgIpc) is 3.87. The molecule has 6 heterocycles. The van der Waals surface area contributed by atoms with Gasteiger partial charge >= 0.3 is 11.4 Å². The fourth-order valence-corrected chi connectivity index (χ4v) is 5.88. The van der Waals surface area contributed by atoms with Crippen molar-refractivity contribution in [3.63, 3.8) is 0 Å². The van der Waals surface area contributed by atoms with Gasteiger partial charge in [-0.1, -0.05) is 19.1 Å². The van der Waals surface area contributed by atoms with Crippen LogP contribution >= 0.6 is 12.2 Å². The number of hydrogen-bond acceptors (Lipinski definition) is 9. The maximum Gasteiger partial charge on any atom is 0.326 e. The van der Waals surface area contributed by atoms with Gasteiger partial charge in [-0.2, -0.15) is 46.2 Å². The van der Waals surface area contributed by atoms with Gasteiger partial charge in [0.2, 0.25) is 0 Å². The Morgan fingerprint density at radius 2 is 1.13 bits per heavy atom. The number of benzene rings is 3. The Bertz CT molecular complexity index is 2520. The number of H-pyrrole nitrogens is 5. The van der Waals surface area contributed by atoms with E-state index in [9.17, 15) is 9.59 Å². The van der Waals surface area contributed by atoms with Crippen LogP contribution in [0, 0.1) is 0 Å². The number of fused-ring (bicyclic) bond motifs is 6. The summed E-state index contributed by atoms with van der Waals surface area (Å²) in [6.45, 7) is 9.55. The molecule has 6 N–H and O–H groups in total. The van der Waals surface area contributed by atoms with Gasteiger partial charge in [-0.3, -0.25) is 9.13 Å². The SMILES string of the molecule is CC1(C)C(=S)Nc2cc3n[nH]nc3cc21.CCCn1c(=O)[nH]c2cc3n[nH]nc3cc21.CCn1c(=O)[nH]c2cc3n[nH]nc3cc21. The summed E-state index contributed by atoms with van der Waals surface area (Å²) in [6, 6.07) is 11.4. The summed E-state index contributed by atoms with van der Waals surface area (Å²) in [5, 5.41) is 35.0. The van der Waals surface area contributed by atoms with E-state index in [0.717, 1.165) is 72.3 Å². The topological polar surface area (TPSA) is 212 Å². The molecule has 3 aromatic carbocycles. The molecule has 0 bridgehead atoms. The molecule has 1 aliphatic rings. The Hall–Kier alpha value is -5.71. The smallest absolute Gasteiger partial charge is 0.326 e. The summed E-state index contributed by atoms with van der Waals surface area (Å²) >= 11 is 5.31. The Kier molecular flexibility index (Phi) is 6.96. The van der Waals surface area contributed by atoms with Crippen LogP contribution in [0.25, 0.3) is 55.2 Å². The fraction of sp³-hybridized carbons (Fsp3) is 0.276. The largest absolute Gasteiger partial charge is 0.349 e. The van der Waals surface area contributed by atoms with Gasteiger partial charge in [0.25, 0.3) is 0 Å². The van der Waals surface area contributed by atoms with Gasteiger partial charge in [0.05, 0.1) is 27.1 Å². The predicted molar refractivity (Wildman–Crippen MR) is 179 cm³/mol. The molecule has 0 aliphatic carbocycles. The maximum absolute atomic E-state index is 11.7. The summed E-state index contributed by atoms with van der Waals surface area (Å²) < 4.78 is 3.40. The summed E-state index contributed by atoms with van der Waals surface area (Å²) in [4.78, 5) is 29.7. The van der Waals surface area contributed by atoms with Crippen molar-refractivity contribution in [3.05, 3.63) is 62.9 Å². The molecule has 0 unspecified atom stereocenters. The van der Waals surface area contributed by atoms with Crippen molar-refractivity contribution in [1.82, 2.24) is 65.3 Å². The van der Waals surface area contributed by atoms with Gasteiger partial charge in [-0.05, 0) is 69.2 Å². The number of anilines is 1. The van der Waals surface area contributed by atoms with E-state index in [0.29, 0.717) is 13.1 Å². The first-order valence-electron chi connectivity index (χ1n) is 14.7. The normalized spacial score (nSPS) is 13.6. The van der Waals surface area contributed by atoms with Gasteiger partial charge in [-0.15, -0.1) is 0 Å². The number of thiocarbonyl (C=S) groups is 1. The van der Waals surface area contributed by atoms with Gasteiger partial charge in [0.1, 0.15) is 33.1 Å². The molecule has 0 radical (unpaired) electrons. The molecular weight excluding hydrogens is 608 g/mol. The Balaban J connectivity index is 0.000000110. The number of nitrogens with one attached hydrogen (secondary N) is 6. The first kappa shape index (κ1) is 29.0. The molecule has 0 saturated carbocycles. The van der Waals surface area contributed by atoms with Crippen LogP contribution in [0.15, 0.2) is 46.0 Å². The maximum atomic E-state index is 11.7. The van der Waals surface area contributed by atoms with E-state index in [1.54, 1.807) is 9.13 Å². The van der Waals surface area contributed by atoms with Crippen LogP contribution in [-0.4, -0.2) is 70.3 Å². The number of hydrogen-bond donors (Lipinski definition) is 6. The average molecular weight is 639 g/mol. The summed E-state index contributed by atoms with van der Waals surface area (Å²) in [5.74, 6) is 0. The molecular formula is C29H30N14O2S. The highest BCUT2D eigenvalue weighted by molar-refractivity contribution is 7.80. The summed E-state index contributed by atoms with van der Waals surface area (Å²) in [5.41, 5.74) is 10.1. The lowest BCUT2D eigenvalue weighted by Crippen LogP contribution is -2.25. The lowest BCUT2D eigenvalue weighted by atomic mass is 9.86. The zero-order chi connectivity index (χ0) is 32.2. The number of imidazole rings is 2. The molecule has 46 heavy (non-hydrogen) atoms. The number of aromatic nitrogens is 13. The Labute approximate surface area is 264 Å². The molecule has 0 saturated heterocycles. The van der Waals surface area contributed by atoms with Crippen LogP contribution in [0.2, 0.25) is 0 Å². The number of aryl methyl sites for hydroxylation is 2. The number of rotatable bonds is 3. The zero-order valence-electron chi connectivity index (χ0n) is 25.4.